The second-order valence-corrected chi connectivity index (χ2v) is 8.44. The van der Waals surface area contributed by atoms with Crippen LogP contribution in [0.5, 0.6) is 0 Å². The molecule has 0 N–H and O–H groups in total. The Kier molecular flexibility index (Phi) is 13.1. The molecular weight excluding hydrogens is 444 g/mol. The summed E-state index contributed by atoms with van der Waals surface area (Å²) in [5.41, 5.74) is 13.2. The average molecular weight is 495 g/mol. The highest BCUT2D eigenvalue weighted by molar-refractivity contribution is 5.86. The van der Waals surface area contributed by atoms with Crippen LogP contribution in [0.3, 0.4) is 0 Å². The van der Waals surface area contributed by atoms with Crippen molar-refractivity contribution in [3.05, 3.63) is 129 Å². The lowest BCUT2D eigenvalue weighted by Gasteiger charge is -2.34. The highest BCUT2D eigenvalue weighted by Crippen LogP contribution is 2.56. The Labute approximate surface area is 228 Å². The summed E-state index contributed by atoms with van der Waals surface area (Å²) in [6.07, 6.45) is 0. The summed E-state index contributed by atoms with van der Waals surface area (Å²) in [5, 5.41) is 0. The van der Waals surface area contributed by atoms with Crippen LogP contribution in [-0.2, 0) is 5.41 Å². The molecule has 4 aromatic rings. The number of hydrogen-bond acceptors (Lipinski definition) is 0. The fourth-order valence-electron chi connectivity index (χ4n) is 4.97. The fraction of sp³-hybridized carbons (Fsp3) is 0.351. The molecule has 0 heterocycles. The van der Waals surface area contributed by atoms with Gasteiger partial charge in [0.05, 0.1) is 5.41 Å². The Balaban J connectivity index is 0.000000784. The van der Waals surface area contributed by atoms with Crippen LogP contribution in [0.1, 0.15) is 99.9 Å². The molecular formula is C37H50. The molecule has 0 nitrogen and oxygen atoms in total. The average Bonchev–Trinajstić information content (AvgIpc) is 3.27. The van der Waals surface area contributed by atoms with E-state index >= 15 is 0 Å². The van der Waals surface area contributed by atoms with Crippen LogP contribution in [0.2, 0.25) is 0 Å². The van der Waals surface area contributed by atoms with Crippen molar-refractivity contribution in [3.63, 3.8) is 0 Å². The Morgan fingerprint density at radius 2 is 0.703 bits per heavy atom. The summed E-state index contributed by atoms with van der Waals surface area (Å²) in [6, 6.07) is 31.9. The molecule has 0 unspecified atom stereocenters. The van der Waals surface area contributed by atoms with Gasteiger partial charge in [0.1, 0.15) is 0 Å². The summed E-state index contributed by atoms with van der Waals surface area (Å²) >= 11 is 0. The van der Waals surface area contributed by atoms with Crippen molar-refractivity contribution in [1.29, 1.82) is 0 Å². The highest BCUT2D eigenvalue weighted by Gasteiger charge is 2.45. The highest BCUT2D eigenvalue weighted by atomic mass is 14.5. The number of aryl methyl sites for hydroxylation is 4. The minimum absolute atomic E-state index is 0.288. The van der Waals surface area contributed by atoms with Crippen LogP contribution in [0.15, 0.2) is 84.9 Å². The molecule has 4 aromatic carbocycles. The van der Waals surface area contributed by atoms with Crippen molar-refractivity contribution in [1.82, 2.24) is 0 Å². The summed E-state index contributed by atoms with van der Waals surface area (Å²) in [6.45, 7) is 24.8. The molecule has 1 aliphatic rings. The molecule has 198 valence electrons. The first kappa shape index (κ1) is 31.9. The topological polar surface area (TPSA) is 0 Å². The van der Waals surface area contributed by atoms with Crippen molar-refractivity contribution >= 4 is 0 Å². The predicted octanol–water partition coefficient (Wildman–Crippen LogP) is 11.4. The lowest BCUT2D eigenvalue weighted by atomic mass is 9.67. The summed E-state index contributed by atoms with van der Waals surface area (Å²) in [7, 11) is 0. The van der Waals surface area contributed by atoms with Gasteiger partial charge in [-0.3, -0.25) is 0 Å². The molecule has 0 saturated carbocycles. The molecule has 0 atom stereocenters. The first-order valence-corrected chi connectivity index (χ1v) is 14.4. The molecule has 0 saturated heterocycles. The van der Waals surface area contributed by atoms with E-state index in [2.05, 4.69) is 113 Å². The fourth-order valence-corrected chi connectivity index (χ4v) is 4.97. The zero-order valence-corrected chi connectivity index (χ0v) is 25.6. The van der Waals surface area contributed by atoms with Gasteiger partial charge in [-0.25, -0.2) is 0 Å². The maximum absolute atomic E-state index is 2.39. The Hall–Kier alpha value is -3.12. The van der Waals surface area contributed by atoms with E-state index in [1.807, 2.05) is 55.4 Å². The van der Waals surface area contributed by atoms with Crippen LogP contribution in [0.4, 0.5) is 0 Å². The predicted molar refractivity (Wildman–Crippen MR) is 168 cm³/mol. The van der Waals surface area contributed by atoms with E-state index in [4.69, 9.17) is 0 Å². The van der Waals surface area contributed by atoms with Crippen LogP contribution >= 0.6 is 0 Å². The molecule has 5 rings (SSSR count). The third-order valence-electron chi connectivity index (χ3n) is 6.83. The van der Waals surface area contributed by atoms with E-state index in [-0.39, 0.29) is 5.41 Å². The molecule has 0 aromatic heterocycles. The zero-order chi connectivity index (χ0) is 28.2. The zero-order valence-electron chi connectivity index (χ0n) is 25.6. The first-order chi connectivity index (χ1) is 18.0. The lowest BCUT2D eigenvalue weighted by Crippen LogP contribution is -2.29. The minimum Gasteiger partial charge on any atom is -0.0683 e. The molecule has 0 spiro atoms. The van der Waals surface area contributed by atoms with E-state index < -0.39 is 0 Å². The van der Waals surface area contributed by atoms with Gasteiger partial charge in [-0.1, -0.05) is 140 Å². The van der Waals surface area contributed by atoms with Crippen molar-refractivity contribution in [3.8, 4) is 11.1 Å². The van der Waals surface area contributed by atoms with Crippen LogP contribution in [0, 0.1) is 27.7 Å². The maximum atomic E-state index is 2.39. The molecule has 37 heavy (non-hydrogen) atoms. The van der Waals surface area contributed by atoms with Gasteiger partial charge in [-0.05, 0) is 83.3 Å². The number of rotatable bonds is 2. The SMILES string of the molecule is CC.CC.CC.CC.Cc1ccc(C2(c3ccc(C)c(C)c3)c3ccccc3-c3ccccc32)cc1C. The van der Waals surface area contributed by atoms with Gasteiger partial charge in [0.2, 0.25) is 0 Å². The van der Waals surface area contributed by atoms with Gasteiger partial charge in [0.15, 0.2) is 0 Å². The van der Waals surface area contributed by atoms with E-state index in [0.717, 1.165) is 0 Å². The molecule has 0 heteroatoms. The largest absolute Gasteiger partial charge is 0.0713 e. The molecule has 0 amide bonds. The van der Waals surface area contributed by atoms with Crippen LogP contribution < -0.4 is 0 Å². The number of hydrogen-bond donors (Lipinski definition) is 0. The van der Waals surface area contributed by atoms with Crippen molar-refractivity contribution < 1.29 is 0 Å². The second-order valence-electron chi connectivity index (χ2n) is 8.44. The number of benzene rings is 4. The molecule has 0 aliphatic heterocycles. The van der Waals surface area contributed by atoms with Gasteiger partial charge in [0.25, 0.3) is 0 Å². The first-order valence-electron chi connectivity index (χ1n) is 14.4. The molecule has 0 bridgehead atoms. The lowest BCUT2D eigenvalue weighted by molar-refractivity contribution is 0.765. The smallest absolute Gasteiger partial charge is 0.0683 e. The van der Waals surface area contributed by atoms with Crippen molar-refractivity contribution in [2.45, 2.75) is 88.5 Å². The van der Waals surface area contributed by atoms with Crippen LogP contribution in [-0.4, -0.2) is 0 Å². The monoisotopic (exact) mass is 494 g/mol. The Morgan fingerprint density at radius 3 is 1.03 bits per heavy atom. The molecule has 1 aliphatic carbocycles. The molecule has 0 radical (unpaired) electrons. The van der Waals surface area contributed by atoms with Gasteiger partial charge in [-0.15, -0.1) is 0 Å². The standard InChI is InChI=1S/C29H26.4C2H6/c1-19-13-15-23(17-21(19)3)29(24-16-14-20(2)22(4)18-24)27-11-7-5-9-25(27)26-10-6-8-12-28(26)29;4*1-2/h5-18H,1-4H3;4*1-2H3. The van der Waals surface area contributed by atoms with Crippen molar-refractivity contribution in [2.75, 3.05) is 0 Å². The van der Waals surface area contributed by atoms with E-state index in [1.165, 1.54) is 55.6 Å². The summed E-state index contributed by atoms with van der Waals surface area (Å²) < 4.78 is 0. The summed E-state index contributed by atoms with van der Waals surface area (Å²) in [5.74, 6) is 0. The van der Waals surface area contributed by atoms with Gasteiger partial charge < -0.3 is 0 Å². The number of fused-ring (bicyclic) bond motifs is 3. The van der Waals surface area contributed by atoms with E-state index in [0.29, 0.717) is 0 Å². The normalized spacial score (nSPS) is 11.5. The minimum atomic E-state index is -0.288. The Morgan fingerprint density at radius 1 is 0.378 bits per heavy atom. The second kappa shape index (κ2) is 15.2. The summed E-state index contributed by atoms with van der Waals surface area (Å²) in [4.78, 5) is 0. The van der Waals surface area contributed by atoms with Crippen LogP contribution in [0.25, 0.3) is 11.1 Å². The maximum Gasteiger partial charge on any atom is 0.0713 e. The van der Waals surface area contributed by atoms with E-state index in [9.17, 15) is 0 Å². The Bertz CT molecular complexity index is 1140. The van der Waals surface area contributed by atoms with Gasteiger partial charge in [0, 0.05) is 0 Å². The van der Waals surface area contributed by atoms with E-state index in [1.54, 1.807) is 0 Å². The van der Waals surface area contributed by atoms with Gasteiger partial charge >= 0.3 is 0 Å². The molecule has 0 fully saturated rings. The van der Waals surface area contributed by atoms with Crippen molar-refractivity contribution in [2.24, 2.45) is 0 Å². The van der Waals surface area contributed by atoms with Gasteiger partial charge in [-0.2, -0.15) is 0 Å². The third-order valence-corrected chi connectivity index (χ3v) is 6.83. The third kappa shape index (κ3) is 5.90. The quantitative estimate of drug-likeness (QED) is 0.229.